The molecule has 2 heterocycles. The van der Waals surface area contributed by atoms with Gasteiger partial charge in [-0.1, -0.05) is 0 Å². The van der Waals surface area contributed by atoms with Crippen molar-refractivity contribution in [1.82, 2.24) is 4.98 Å². The van der Waals surface area contributed by atoms with Gasteiger partial charge in [0.15, 0.2) is 0 Å². The highest BCUT2D eigenvalue weighted by atomic mass is 32.1. The van der Waals surface area contributed by atoms with Crippen LogP contribution in [0.4, 0.5) is 0 Å². The fourth-order valence-electron chi connectivity index (χ4n) is 1.84. The normalized spacial score (nSPS) is 21.8. The van der Waals surface area contributed by atoms with Crippen LogP contribution in [0.25, 0.3) is 0 Å². The molecule has 3 nitrogen and oxygen atoms in total. The second kappa shape index (κ2) is 5.58. The summed E-state index contributed by atoms with van der Waals surface area (Å²) in [6, 6.07) is 0. The molecular formula is C11H18N2OS. The number of ether oxygens (including phenoxy) is 1. The van der Waals surface area contributed by atoms with Gasteiger partial charge < -0.3 is 10.5 Å². The molecule has 1 aromatic rings. The van der Waals surface area contributed by atoms with Crippen LogP contribution in [0.3, 0.4) is 0 Å². The first kappa shape index (κ1) is 11.0. The summed E-state index contributed by atoms with van der Waals surface area (Å²) < 4.78 is 5.47. The van der Waals surface area contributed by atoms with Gasteiger partial charge in [-0.3, -0.25) is 0 Å². The molecule has 0 spiro atoms. The summed E-state index contributed by atoms with van der Waals surface area (Å²) in [5.41, 5.74) is 6.68. The zero-order valence-electron chi connectivity index (χ0n) is 8.95. The summed E-state index contributed by atoms with van der Waals surface area (Å²) in [6.45, 7) is 2.52. The monoisotopic (exact) mass is 226 g/mol. The molecule has 0 saturated carbocycles. The number of rotatable bonds is 4. The highest BCUT2D eigenvalue weighted by Crippen LogP contribution is 2.28. The number of aromatic nitrogens is 1. The van der Waals surface area contributed by atoms with Crippen LogP contribution in [-0.4, -0.2) is 24.7 Å². The summed E-state index contributed by atoms with van der Waals surface area (Å²) >= 11 is 1.77. The molecule has 1 saturated heterocycles. The Kier molecular flexibility index (Phi) is 4.11. The molecule has 2 N–H and O–H groups in total. The van der Waals surface area contributed by atoms with Gasteiger partial charge in [-0.25, -0.2) is 4.98 Å². The van der Waals surface area contributed by atoms with E-state index in [9.17, 15) is 0 Å². The molecule has 1 unspecified atom stereocenters. The molecule has 1 aliphatic rings. The van der Waals surface area contributed by atoms with Crippen molar-refractivity contribution < 1.29 is 4.74 Å². The smallest absolute Gasteiger partial charge is 0.0982 e. The molecule has 1 atom stereocenters. The fourth-order valence-corrected chi connectivity index (χ4v) is 2.82. The topological polar surface area (TPSA) is 48.1 Å². The van der Waals surface area contributed by atoms with E-state index in [2.05, 4.69) is 10.4 Å². The summed E-state index contributed by atoms with van der Waals surface area (Å²) in [7, 11) is 0. The Balaban J connectivity index is 1.93. The van der Waals surface area contributed by atoms with Crippen molar-refractivity contribution in [3.8, 4) is 0 Å². The van der Waals surface area contributed by atoms with Gasteiger partial charge in [0, 0.05) is 17.9 Å². The molecule has 4 heteroatoms. The number of hydrogen-bond donors (Lipinski definition) is 1. The van der Waals surface area contributed by atoms with Gasteiger partial charge in [-0.15, -0.1) is 11.3 Å². The minimum Gasteiger partial charge on any atom is -0.381 e. The molecule has 0 aromatic carbocycles. The zero-order valence-corrected chi connectivity index (χ0v) is 9.76. The lowest BCUT2D eigenvalue weighted by atomic mass is 10.0. The van der Waals surface area contributed by atoms with Gasteiger partial charge >= 0.3 is 0 Å². The van der Waals surface area contributed by atoms with Gasteiger partial charge in [-0.2, -0.15) is 0 Å². The minimum atomic E-state index is 0.537. The van der Waals surface area contributed by atoms with Crippen LogP contribution in [0.5, 0.6) is 0 Å². The highest BCUT2D eigenvalue weighted by molar-refractivity contribution is 7.09. The predicted molar refractivity (Wildman–Crippen MR) is 62.3 cm³/mol. The average molecular weight is 226 g/mol. The third-order valence-electron chi connectivity index (χ3n) is 2.72. The van der Waals surface area contributed by atoms with Crippen molar-refractivity contribution in [1.29, 1.82) is 0 Å². The van der Waals surface area contributed by atoms with Crippen molar-refractivity contribution in [3.63, 3.8) is 0 Å². The second-order valence-corrected chi connectivity index (χ2v) is 4.87. The first-order valence-electron chi connectivity index (χ1n) is 5.62. The van der Waals surface area contributed by atoms with Crippen molar-refractivity contribution in [2.45, 2.75) is 31.6 Å². The van der Waals surface area contributed by atoms with Crippen LogP contribution in [0.1, 0.15) is 35.9 Å². The first-order valence-corrected chi connectivity index (χ1v) is 6.50. The second-order valence-electron chi connectivity index (χ2n) is 3.98. The quantitative estimate of drug-likeness (QED) is 0.853. The van der Waals surface area contributed by atoms with E-state index in [1.807, 2.05) is 0 Å². The number of nitrogens with zero attached hydrogens (tertiary/aromatic N) is 1. The maximum atomic E-state index is 5.48. The Morgan fingerprint density at radius 1 is 1.60 bits per heavy atom. The lowest BCUT2D eigenvalue weighted by molar-refractivity contribution is 0.0803. The molecule has 15 heavy (non-hydrogen) atoms. The van der Waals surface area contributed by atoms with Crippen LogP contribution in [0.15, 0.2) is 5.38 Å². The first-order chi connectivity index (χ1) is 7.40. The van der Waals surface area contributed by atoms with Gasteiger partial charge in [0.2, 0.25) is 0 Å². The minimum absolute atomic E-state index is 0.537. The average Bonchev–Trinajstić information content (AvgIpc) is 2.76. The van der Waals surface area contributed by atoms with Crippen molar-refractivity contribution in [3.05, 3.63) is 16.1 Å². The maximum absolute atomic E-state index is 5.48. The Morgan fingerprint density at radius 3 is 3.27 bits per heavy atom. The summed E-state index contributed by atoms with van der Waals surface area (Å²) in [4.78, 5) is 4.65. The lowest BCUT2D eigenvalue weighted by Crippen LogP contribution is -2.15. The molecule has 0 bridgehead atoms. The predicted octanol–water partition coefficient (Wildman–Crippen LogP) is 1.93. The highest BCUT2D eigenvalue weighted by Gasteiger charge is 2.18. The van der Waals surface area contributed by atoms with E-state index in [0.29, 0.717) is 5.92 Å². The van der Waals surface area contributed by atoms with E-state index in [-0.39, 0.29) is 0 Å². The standard InChI is InChI=1S/C11H18N2OS/c12-5-1-4-10-8-15-11(13-10)9-3-2-6-14-7-9/h8-9H,1-7,12H2. The summed E-state index contributed by atoms with van der Waals surface area (Å²) in [5.74, 6) is 0.537. The van der Waals surface area contributed by atoms with Gasteiger partial charge in [0.1, 0.15) is 0 Å². The number of hydrogen-bond acceptors (Lipinski definition) is 4. The van der Waals surface area contributed by atoms with Crippen molar-refractivity contribution in [2.24, 2.45) is 5.73 Å². The van der Waals surface area contributed by atoms with E-state index in [0.717, 1.165) is 32.6 Å². The molecular weight excluding hydrogens is 208 g/mol. The molecule has 0 amide bonds. The van der Waals surface area contributed by atoms with Crippen LogP contribution >= 0.6 is 11.3 Å². The van der Waals surface area contributed by atoms with Crippen LogP contribution in [0.2, 0.25) is 0 Å². The Hall–Kier alpha value is -0.450. The zero-order chi connectivity index (χ0) is 10.5. The SMILES string of the molecule is NCCCc1csc(C2CCCOC2)n1. The van der Waals surface area contributed by atoms with Crippen LogP contribution in [-0.2, 0) is 11.2 Å². The van der Waals surface area contributed by atoms with E-state index in [1.165, 1.54) is 23.5 Å². The van der Waals surface area contributed by atoms with Crippen molar-refractivity contribution in [2.75, 3.05) is 19.8 Å². The Labute approximate surface area is 94.7 Å². The maximum Gasteiger partial charge on any atom is 0.0982 e. The van der Waals surface area contributed by atoms with Crippen LogP contribution < -0.4 is 5.73 Å². The van der Waals surface area contributed by atoms with Gasteiger partial charge in [0.25, 0.3) is 0 Å². The Bertz CT molecular complexity index is 295. The largest absolute Gasteiger partial charge is 0.381 e. The molecule has 1 aliphatic heterocycles. The fraction of sp³-hybridized carbons (Fsp3) is 0.727. The summed E-state index contributed by atoms with van der Waals surface area (Å²) in [6.07, 6.45) is 4.44. The molecule has 1 aromatic heterocycles. The third kappa shape index (κ3) is 3.00. The van der Waals surface area contributed by atoms with Gasteiger partial charge in [0.05, 0.1) is 17.3 Å². The number of thiazole rings is 1. The van der Waals surface area contributed by atoms with Gasteiger partial charge in [-0.05, 0) is 32.2 Å². The van der Waals surface area contributed by atoms with Crippen molar-refractivity contribution >= 4 is 11.3 Å². The molecule has 84 valence electrons. The number of aryl methyl sites for hydroxylation is 1. The number of nitrogens with two attached hydrogens (primary N) is 1. The van der Waals surface area contributed by atoms with E-state index in [4.69, 9.17) is 10.5 Å². The molecule has 1 fully saturated rings. The van der Waals surface area contributed by atoms with E-state index < -0.39 is 0 Å². The molecule has 0 aliphatic carbocycles. The Morgan fingerprint density at radius 2 is 2.53 bits per heavy atom. The van der Waals surface area contributed by atoms with Crippen LogP contribution in [0, 0.1) is 0 Å². The third-order valence-corrected chi connectivity index (χ3v) is 3.77. The van der Waals surface area contributed by atoms with E-state index >= 15 is 0 Å². The lowest BCUT2D eigenvalue weighted by Gasteiger charge is -2.19. The molecule has 0 radical (unpaired) electrons. The van der Waals surface area contributed by atoms with E-state index in [1.54, 1.807) is 11.3 Å². The summed E-state index contributed by atoms with van der Waals surface area (Å²) in [5, 5.41) is 3.42. The molecule has 2 rings (SSSR count).